The molecule has 1 aromatic heterocycles. The Bertz CT molecular complexity index is 763. The highest BCUT2D eigenvalue weighted by atomic mass is 16.5. The van der Waals surface area contributed by atoms with E-state index in [-0.39, 0.29) is 17.4 Å². The monoisotopic (exact) mass is 328 g/mol. The molecule has 0 unspecified atom stereocenters. The van der Waals surface area contributed by atoms with E-state index < -0.39 is 0 Å². The molecule has 0 saturated heterocycles. The molecular formula is C18H24N4O2. The van der Waals surface area contributed by atoms with Crippen LogP contribution in [0.2, 0.25) is 0 Å². The number of hydrogen-bond donors (Lipinski definition) is 1. The van der Waals surface area contributed by atoms with Gasteiger partial charge in [0.25, 0.3) is 5.91 Å². The van der Waals surface area contributed by atoms with E-state index in [1.807, 2.05) is 32.2 Å². The summed E-state index contributed by atoms with van der Waals surface area (Å²) in [6.45, 7) is 2.79. The van der Waals surface area contributed by atoms with Crippen LogP contribution in [0.5, 0.6) is 0 Å². The normalized spacial score (nSPS) is 25.1. The molecule has 6 nitrogen and oxygen atoms in total. The van der Waals surface area contributed by atoms with E-state index in [9.17, 15) is 4.79 Å². The van der Waals surface area contributed by atoms with Crippen molar-refractivity contribution in [2.24, 2.45) is 12.5 Å². The summed E-state index contributed by atoms with van der Waals surface area (Å²) in [5.41, 5.74) is 2.49. The van der Waals surface area contributed by atoms with Crippen molar-refractivity contribution in [2.45, 2.75) is 51.2 Å². The molecule has 4 rings (SSSR count). The van der Waals surface area contributed by atoms with Gasteiger partial charge in [0.2, 0.25) is 0 Å². The van der Waals surface area contributed by atoms with E-state index in [1.54, 1.807) is 4.68 Å². The largest absolute Gasteiger partial charge is 0.378 e. The molecule has 2 aromatic rings. The molecule has 24 heavy (non-hydrogen) atoms. The molecule has 1 heterocycles. The second-order valence-electron chi connectivity index (χ2n) is 7.06. The van der Waals surface area contributed by atoms with Gasteiger partial charge in [0.15, 0.2) is 0 Å². The number of fused-ring (bicyclic) bond motifs is 1. The molecule has 0 aliphatic heterocycles. The van der Waals surface area contributed by atoms with E-state index >= 15 is 0 Å². The van der Waals surface area contributed by atoms with Crippen LogP contribution >= 0.6 is 0 Å². The molecule has 1 aromatic carbocycles. The summed E-state index contributed by atoms with van der Waals surface area (Å²) in [7, 11) is 1.85. The number of ether oxygens (including phenoxy) is 1. The lowest BCUT2D eigenvalue weighted by Crippen LogP contribution is -2.63. The molecule has 1 spiro atoms. The summed E-state index contributed by atoms with van der Waals surface area (Å²) < 4.78 is 7.63. The Labute approximate surface area is 141 Å². The maximum absolute atomic E-state index is 12.7. The van der Waals surface area contributed by atoms with Crippen molar-refractivity contribution in [1.29, 1.82) is 0 Å². The van der Waals surface area contributed by atoms with Crippen molar-refractivity contribution < 1.29 is 9.53 Å². The number of aromatic nitrogens is 3. The number of carbonyl (C=O) groups excluding carboxylic acids is 1. The van der Waals surface area contributed by atoms with Crippen LogP contribution in [0, 0.1) is 5.41 Å². The fraction of sp³-hybridized carbons (Fsp3) is 0.611. The average Bonchev–Trinajstić information content (AvgIpc) is 3.23. The summed E-state index contributed by atoms with van der Waals surface area (Å²) in [6, 6.07) is 5.79. The van der Waals surface area contributed by atoms with Gasteiger partial charge in [-0.3, -0.25) is 4.79 Å². The molecule has 6 heteroatoms. The van der Waals surface area contributed by atoms with Crippen molar-refractivity contribution >= 4 is 16.9 Å². The van der Waals surface area contributed by atoms with Gasteiger partial charge >= 0.3 is 0 Å². The first-order chi connectivity index (χ1) is 11.6. The van der Waals surface area contributed by atoms with Gasteiger partial charge in [0.05, 0.1) is 11.6 Å². The number of nitrogens with one attached hydrogen (secondary N) is 1. The third kappa shape index (κ3) is 2.32. The Morgan fingerprint density at radius 1 is 1.42 bits per heavy atom. The number of carbonyl (C=O) groups is 1. The van der Waals surface area contributed by atoms with Gasteiger partial charge in [-0.1, -0.05) is 18.1 Å². The van der Waals surface area contributed by atoms with Crippen molar-refractivity contribution in [3.63, 3.8) is 0 Å². The van der Waals surface area contributed by atoms with E-state index in [0.29, 0.717) is 11.7 Å². The fourth-order valence-electron chi connectivity index (χ4n) is 4.51. The Morgan fingerprint density at radius 3 is 2.96 bits per heavy atom. The number of nitrogens with zero attached hydrogens (tertiary/aromatic N) is 3. The molecule has 2 atom stereocenters. The van der Waals surface area contributed by atoms with E-state index in [0.717, 1.165) is 36.9 Å². The highest BCUT2D eigenvalue weighted by Gasteiger charge is 2.57. The van der Waals surface area contributed by atoms with Crippen molar-refractivity contribution in [1.82, 2.24) is 20.3 Å². The number of hydrogen-bond acceptors (Lipinski definition) is 4. The predicted octanol–water partition coefficient (Wildman–Crippen LogP) is 2.44. The first-order valence-corrected chi connectivity index (χ1v) is 8.86. The van der Waals surface area contributed by atoms with Gasteiger partial charge in [0.1, 0.15) is 5.52 Å². The van der Waals surface area contributed by atoms with Gasteiger partial charge in [-0.05, 0) is 44.4 Å². The van der Waals surface area contributed by atoms with Crippen molar-refractivity contribution in [3.05, 3.63) is 23.8 Å². The Hall–Kier alpha value is -1.95. The molecule has 2 aliphatic carbocycles. The summed E-state index contributed by atoms with van der Waals surface area (Å²) in [6.07, 6.45) is 6.02. The summed E-state index contributed by atoms with van der Waals surface area (Å²) in [4.78, 5) is 12.7. The first kappa shape index (κ1) is 15.6. The zero-order chi connectivity index (χ0) is 16.7. The zero-order valence-corrected chi connectivity index (χ0v) is 14.3. The molecule has 2 fully saturated rings. The van der Waals surface area contributed by atoms with E-state index in [2.05, 4.69) is 15.6 Å². The highest BCUT2D eigenvalue weighted by Crippen LogP contribution is 2.54. The highest BCUT2D eigenvalue weighted by molar-refractivity contribution is 5.97. The van der Waals surface area contributed by atoms with Crippen LogP contribution in [0.25, 0.3) is 11.0 Å². The van der Waals surface area contributed by atoms with Gasteiger partial charge < -0.3 is 10.1 Å². The van der Waals surface area contributed by atoms with Gasteiger partial charge in [-0.25, -0.2) is 4.68 Å². The van der Waals surface area contributed by atoms with Crippen LogP contribution in [0.4, 0.5) is 0 Å². The van der Waals surface area contributed by atoms with Crippen molar-refractivity contribution in [3.8, 4) is 0 Å². The average molecular weight is 328 g/mol. The van der Waals surface area contributed by atoms with Crippen LogP contribution in [-0.2, 0) is 11.8 Å². The van der Waals surface area contributed by atoms with Crippen LogP contribution in [-0.4, -0.2) is 39.7 Å². The molecule has 128 valence electrons. The molecule has 2 saturated carbocycles. The maximum atomic E-state index is 12.7. The van der Waals surface area contributed by atoms with Crippen LogP contribution < -0.4 is 5.32 Å². The SMILES string of the molecule is CCO[C@H]1C[C@@H](NC(=O)c2ccc3c(c2)nnn3C)C12CCCC2. The molecule has 1 amide bonds. The molecular weight excluding hydrogens is 304 g/mol. The van der Waals surface area contributed by atoms with Crippen LogP contribution in [0.1, 0.15) is 49.4 Å². The van der Waals surface area contributed by atoms with Crippen molar-refractivity contribution in [2.75, 3.05) is 6.61 Å². The number of rotatable bonds is 4. The summed E-state index contributed by atoms with van der Waals surface area (Å²) >= 11 is 0. The summed E-state index contributed by atoms with van der Waals surface area (Å²) in [5.74, 6) is -0.0197. The minimum atomic E-state index is -0.0197. The molecule has 0 bridgehead atoms. The van der Waals surface area contributed by atoms with E-state index in [1.165, 1.54) is 12.8 Å². The zero-order valence-electron chi connectivity index (χ0n) is 14.3. The summed E-state index contributed by atoms with van der Waals surface area (Å²) in [5, 5.41) is 11.3. The van der Waals surface area contributed by atoms with Gasteiger partial charge in [0, 0.05) is 30.7 Å². The lowest BCUT2D eigenvalue weighted by molar-refractivity contribution is -0.127. The topological polar surface area (TPSA) is 69.0 Å². The number of benzene rings is 1. The predicted molar refractivity (Wildman–Crippen MR) is 90.7 cm³/mol. The maximum Gasteiger partial charge on any atom is 0.251 e. The first-order valence-electron chi connectivity index (χ1n) is 8.86. The Morgan fingerprint density at radius 2 is 2.21 bits per heavy atom. The van der Waals surface area contributed by atoms with Gasteiger partial charge in [-0.15, -0.1) is 5.10 Å². The van der Waals surface area contributed by atoms with Crippen LogP contribution in [0.3, 0.4) is 0 Å². The third-order valence-corrected chi connectivity index (χ3v) is 5.87. The Kier molecular flexibility index (Phi) is 3.79. The smallest absolute Gasteiger partial charge is 0.251 e. The minimum Gasteiger partial charge on any atom is -0.378 e. The second kappa shape index (κ2) is 5.84. The molecule has 0 radical (unpaired) electrons. The quantitative estimate of drug-likeness (QED) is 0.936. The molecule has 1 N–H and O–H groups in total. The molecule has 2 aliphatic rings. The lowest BCUT2D eigenvalue weighted by Gasteiger charge is -2.54. The number of amides is 1. The standard InChI is InChI=1S/C18H24N4O2/c1-3-24-16-11-15(18(16)8-4-5-9-18)19-17(23)12-6-7-14-13(10-12)20-21-22(14)2/h6-7,10,15-16H,3-5,8-9,11H2,1-2H3,(H,19,23)/t15-,16+/m1/s1. The second-order valence-corrected chi connectivity index (χ2v) is 7.06. The minimum absolute atomic E-state index is 0.0197. The third-order valence-electron chi connectivity index (χ3n) is 5.87. The number of aryl methyl sites for hydroxylation is 1. The Balaban J connectivity index is 1.51. The lowest BCUT2D eigenvalue weighted by atomic mass is 9.60. The van der Waals surface area contributed by atoms with Crippen LogP contribution in [0.15, 0.2) is 18.2 Å². The fourth-order valence-corrected chi connectivity index (χ4v) is 4.51. The van der Waals surface area contributed by atoms with E-state index in [4.69, 9.17) is 4.74 Å². The van der Waals surface area contributed by atoms with Gasteiger partial charge in [-0.2, -0.15) is 0 Å².